The molecule has 1 aromatic carbocycles. The second-order valence-electron chi connectivity index (χ2n) is 4.80. The molecule has 2 aromatic rings. The topological polar surface area (TPSA) is 54.0 Å². The van der Waals surface area contributed by atoms with Crippen molar-refractivity contribution in [2.45, 2.75) is 20.8 Å². The van der Waals surface area contributed by atoms with Gasteiger partial charge >= 0.3 is 0 Å². The smallest absolute Gasteiger partial charge is 0.255 e. The molecule has 1 aromatic heterocycles. The van der Waals surface area contributed by atoms with Gasteiger partial charge in [0.05, 0.1) is 5.69 Å². The molecule has 0 unspecified atom stereocenters. The Morgan fingerprint density at radius 3 is 2.76 bits per heavy atom. The van der Waals surface area contributed by atoms with E-state index in [1.165, 1.54) is 0 Å². The van der Waals surface area contributed by atoms with Crippen LogP contribution in [0.4, 0.5) is 11.5 Å². The SMILES string of the molecule is CCNc1cc(C(=O)Nc2cccc(C)c2Br)cc(C)n1. The van der Waals surface area contributed by atoms with Crippen LogP contribution in [-0.2, 0) is 0 Å². The lowest BCUT2D eigenvalue weighted by atomic mass is 10.2. The zero-order valence-electron chi connectivity index (χ0n) is 12.3. The third-order valence-corrected chi connectivity index (χ3v) is 4.07. The minimum atomic E-state index is -0.147. The Bertz CT molecular complexity index is 671. The standard InChI is InChI=1S/C16H18BrN3O/c1-4-18-14-9-12(8-11(3)19-14)16(21)20-13-7-5-6-10(2)15(13)17/h5-9H,4H2,1-3H3,(H,18,19)(H,20,21). The summed E-state index contributed by atoms with van der Waals surface area (Å²) in [6, 6.07) is 9.31. The number of aryl methyl sites for hydroxylation is 2. The molecule has 0 aliphatic carbocycles. The van der Waals surface area contributed by atoms with E-state index in [1.54, 1.807) is 12.1 Å². The van der Waals surface area contributed by atoms with Crippen molar-refractivity contribution in [3.63, 3.8) is 0 Å². The predicted octanol–water partition coefficient (Wildman–Crippen LogP) is 4.15. The highest BCUT2D eigenvalue weighted by atomic mass is 79.9. The van der Waals surface area contributed by atoms with Crippen LogP contribution in [0.15, 0.2) is 34.8 Å². The van der Waals surface area contributed by atoms with Gasteiger partial charge in [-0.15, -0.1) is 0 Å². The molecule has 0 spiro atoms. The molecule has 0 saturated heterocycles. The number of hydrogen-bond donors (Lipinski definition) is 2. The van der Waals surface area contributed by atoms with E-state index in [-0.39, 0.29) is 5.91 Å². The van der Waals surface area contributed by atoms with Crippen molar-refractivity contribution in [1.29, 1.82) is 0 Å². The van der Waals surface area contributed by atoms with Gasteiger partial charge in [0.15, 0.2) is 0 Å². The number of amides is 1. The van der Waals surface area contributed by atoms with E-state index in [4.69, 9.17) is 0 Å². The van der Waals surface area contributed by atoms with Crippen LogP contribution >= 0.6 is 15.9 Å². The van der Waals surface area contributed by atoms with Crippen LogP contribution in [0.2, 0.25) is 0 Å². The Balaban J connectivity index is 2.26. The number of rotatable bonds is 4. The molecular weight excluding hydrogens is 330 g/mol. The molecule has 2 rings (SSSR count). The number of halogens is 1. The van der Waals surface area contributed by atoms with Crippen LogP contribution < -0.4 is 10.6 Å². The zero-order chi connectivity index (χ0) is 15.4. The zero-order valence-corrected chi connectivity index (χ0v) is 13.9. The van der Waals surface area contributed by atoms with E-state index in [0.29, 0.717) is 11.4 Å². The summed E-state index contributed by atoms with van der Waals surface area (Å²) in [6.07, 6.45) is 0. The number of carbonyl (C=O) groups is 1. The molecule has 2 N–H and O–H groups in total. The van der Waals surface area contributed by atoms with Crippen LogP contribution in [0.1, 0.15) is 28.5 Å². The Morgan fingerprint density at radius 2 is 2.05 bits per heavy atom. The molecular formula is C16H18BrN3O. The Labute approximate surface area is 133 Å². The van der Waals surface area contributed by atoms with E-state index in [9.17, 15) is 4.79 Å². The summed E-state index contributed by atoms with van der Waals surface area (Å²) in [5.41, 5.74) is 3.24. The van der Waals surface area contributed by atoms with Gasteiger partial charge in [-0.25, -0.2) is 4.98 Å². The lowest BCUT2D eigenvalue weighted by Gasteiger charge is -2.11. The fraction of sp³-hybridized carbons (Fsp3) is 0.250. The molecule has 110 valence electrons. The van der Waals surface area contributed by atoms with Crippen molar-refractivity contribution in [3.05, 3.63) is 51.6 Å². The predicted molar refractivity (Wildman–Crippen MR) is 90.0 cm³/mol. The first kappa shape index (κ1) is 15.5. The van der Waals surface area contributed by atoms with Crippen molar-refractivity contribution in [3.8, 4) is 0 Å². The van der Waals surface area contributed by atoms with Gasteiger partial charge in [0, 0.05) is 22.3 Å². The fourth-order valence-electron chi connectivity index (χ4n) is 2.01. The lowest BCUT2D eigenvalue weighted by Crippen LogP contribution is -2.14. The maximum absolute atomic E-state index is 12.4. The molecule has 21 heavy (non-hydrogen) atoms. The highest BCUT2D eigenvalue weighted by Crippen LogP contribution is 2.26. The number of pyridine rings is 1. The third kappa shape index (κ3) is 3.82. The van der Waals surface area contributed by atoms with Gasteiger partial charge in [-0.2, -0.15) is 0 Å². The molecule has 0 saturated carbocycles. The first-order valence-electron chi connectivity index (χ1n) is 6.80. The molecule has 0 radical (unpaired) electrons. The monoisotopic (exact) mass is 347 g/mol. The van der Waals surface area contributed by atoms with Crippen LogP contribution in [0.5, 0.6) is 0 Å². The van der Waals surface area contributed by atoms with Crippen molar-refractivity contribution in [1.82, 2.24) is 4.98 Å². The lowest BCUT2D eigenvalue weighted by molar-refractivity contribution is 0.102. The number of nitrogens with zero attached hydrogens (tertiary/aromatic N) is 1. The summed E-state index contributed by atoms with van der Waals surface area (Å²) in [4.78, 5) is 16.7. The Morgan fingerprint density at radius 1 is 1.29 bits per heavy atom. The number of anilines is 2. The van der Waals surface area contributed by atoms with Crippen molar-refractivity contribution >= 4 is 33.3 Å². The Hall–Kier alpha value is -1.88. The van der Waals surface area contributed by atoms with Crippen molar-refractivity contribution in [2.75, 3.05) is 17.2 Å². The van der Waals surface area contributed by atoms with Crippen LogP contribution in [0.25, 0.3) is 0 Å². The molecule has 0 bridgehead atoms. The minimum absolute atomic E-state index is 0.147. The average molecular weight is 348 g/mol. The van der Waals surface area contributed by atoms with Crippen LogP contribution in [0, 0.1) is 13.8 Å². The molecule has 1 amide bonds. The van der Waals surface area contributed by atoms with Gasteiger partial charge in [-0.1, -0.05) is 12.1 Å². The normalized spacial score (nSPS) is 10.3. The van der Waals surface area contributed by atoms with Crippen molar-refractivity contribution < 1.29 is 4.79 Å². The number of hydrogen-bond acceptors (Lipinski definition) is 3. The summed E-state index contributed by atoms with van der Waals surface area (Å²) < 4.78 is 0.899. The second kappa shape index (κ2) is 6.72. The molecule has 0 aliphatic rings. The van der Waals surface area contributed by atoms with E-state index >= 15 is 0 Å². The van der Waals surface area contributed by atoms with Crippen LogP contribution in [0.3, 0.4) is 0 Å². The van der Waals surface area contributed by atoms with Crippen LogP contribution in [-0.4, -0.2) is 17.4 Å². The highest BCUT2D eigenvalue weighted by Gasteiger charge is 2.11. The largest absolute Gasteiger partial charge is 0.370 e. The van der Waals surface area contributed by atoms with Gasteiger partial charge in [0.1, 0.15) is 5.82 Å². The van der Waals surface area contributed by atoms with Gasteiger partial charge in [-0.05, 0) is 60.5 Å². The first-order valence-corrected chi connectivity index (χ1v) is 7.59. The maximum atomic E-state index is 12.4. The minimum Gasteiger partial charge on any atom is -0.370 e. The highest BCUT2D eigenvalue weighted by molar-refractivity contribution is 9.10. The van der Waals surface area contributed by atoms with Gasteiger partial charge in [-0.3, -0.25) is 4.79 Å². The summed E-state index contributed by atoms with van der Waals surface area (Å²) in [5, 5.41) is 6.05. The summed E-state index contributed by atoms with van der Waals surface area (Å²) in [6.45, 7) is 6.62. The van der Waals surface area contributed by atoms with Gasteiger partial charge in [0.25, 0.3) is 5.91 Å². The fourth-order valence-corrected chi connectivity index (χ4v) is 2.37. The van der Waals surface area contributed by atoms with Gasteiger partial charge < -0.3 is 10.6 Å². The quantitative estimate of drug-likeness (QED) is 0.873. The summed E-state index contributed by atoms with van der Waals surface area (Å²) in [7, 11) is 0. The molecule has 0 fully saturated rings. The average Bonchev–Trinajstić information content (AvgIpc) is 2.43. The van der Waals surface area contributed by atoms with Gasteiger partial charge in [0.2, 0.25) is 0 Å². The molecule has 5 heteroatoms. The number of benzene rings is 1. The molecule has 4 nitrogen and oxygen atoms in total. The Kier molecular flexibility index (Phi) is 4.96. The summed E-state index contributed by atoms with van der Waals surface area (Å²) in [5.74, 6) is 0.567. The second-order valence-corrected chi connectivity index (χ2v) is 5.60. The number of nitrogens with one attached hydrogen (secondary N) is 2. The first-order chi connectivity index (χ1) is 10.0. The maximum Gasteiger partial charge on any atom is 0.255 e. The van der Waals surface area contributed by atoms with E-state index < -0.39 is 0 Å². The summed E-state index contributed by atoms with van der Waals surface area (Å²) >= 11 is 3.50. The van der Waals surface area contributed by atoms with E-state index in [2.05, 4.69) is 31.5 Å². The van der Waals surface area contributed by atoms with E-state index in [0.717, 1.165) is 28.0 Å². The molecule has 0 atom stereocenters. The molecule has 1 heterocycles. The van der Waals surface area contributed by atoms with E-state index in [1.807, 2.05) is 39.0 Å². The number of aromatic nitrogens is 1. The van der Waals surface area contributed by atoms with Crippen molar-refractivity contribution in [2.24, 2.45) is 0 Å². The number of carbonyl (C=O) groups excluding carboxylic acids is 1. The third-order valence-electron chi connectivity index (χ3n) is 3.01. The molecule has 0 aliphatic heterocycles.